The molecule has 0 bridgehead atoms. The normalized spacial score (nSPS) is 15.8. The second-order valence-corrected chi connectivity index (χ2v) is 7.49. The molecule has 0 fully saturated rings. The van der Waals surface area contributed by atoms with Crippen molar-refractivity contribution in [2.75, 3.05) is 18.9 Å². The van der Waals surface area contributed by atoms with Gasteiger partial charge < -0.3 is 5.32 Å². The molecule has 106 valence electrons. The average molecular weight is 309 g/mol. The Morgan fingerprint density at radius 1 is 1.40 bits per heavy atom. The van der Waals surface area contributed by atoms with Crippen LogP contribution in [0.3, 0.4) is 0 Å². The number of nitrogens with zero attached hydrogens (tertiary/aromatic N) is 2. The predicted molar refractivity (Wildman–Crippen MR) is 79.4 cm³/mol. The Morgan fingerprint density at radius 2 is 2.25 bits per heavy atom. The lowest BCUT2D eigenvalue weighted by Crippen LogP contribution is -2.35. The van der Waals surface area contributed by atoms with Crippen molar-refractivity contribution in [3.63, 3.8) is 0 Å². The molecule has 1 aliphatic heterocycles. The zero-order valence-corrected chi connectivity index (χ0v) is 12.7. The van der Waals surface area contributed by atoms with Gasteiger partial charge in [-0.1, -0.05) is 0 Å². The van der Waals surface area contributed by atoms with Crippen LogP contribution < -0.4 is 5.32 Å². The van der Waals surface area contributed by atoms with Crippen molar-refractivity contribution in [1.82, 2.24) is 9.29 Å². The fourth-order valence-electron chi connectivity index (χ4n) is 2.36. The van der Waals surface area contributed by atoms with Crippen LogP contribution >= 0.6 is 11.3 Å². The first-order valence-electron chi connectivity index (χ1n) is 6.30. The van der Waals surface area contributed by atoms with Crippen molar-refractivity contribution in [1.29, 1.82) is 0 Å². The number of pyridine rings is 1. The second-order valence-electron chi connectivity index (χ2n) is 4.58. The van der Waals surface area contributed by atoms with Gasteiger partial charge in [0.15, 0.2) is 0 Å². The first kappa shape index (κ1) is 13.5. The molecule has 0 aromatic carbocycles. The first-order valence-corrected chi connectivity index (χ1v) is 8.62. The standard InChI is InChI=1S/C13H15N3O2S2/c1-14-11-2-5-15-8-13(11)20(17,18)16-6-3-12-10(9-16)4-7-19-12/h2,4-5,7-8H,3,6,9H2,1H3,(H,14,15). The fourth-order valence-corrected chi connectivity index (χ4v) is 4.81. The summed E-state index contributed by atoms with van der Waals surface area (Å²) in [6.07, 6.45) is 3.77. The van der Waals surface area contributed by atoms with Crippen LogP contribution in [0.1, 0.15) is 10.4 Å². The Morgan fingerprint density at radius 3 is 3.05 bits per heavy atom. The summed E-state index contributed by atoms with van der Waals surface area (Å²) in [6.45, 7) is 0.965. The van der Waals surface area contributed by atoms with Crippen LogP contribution in [-0.2, 0) is 23.0 Å². The van der Waals surface area contributed by atoms with E-state index in [9.17, 15) is 8.42 Å². The molecule has 0 aliphatic carbocycles. The van der Waals surface area contributed by atoms with Crippen LogP contribution in [0.2, 0.25) is 0 Å². The molecule has 0 radical (unpaired) electrons. The first-order chi connectivity index (χ1) is 9.63. The van der Waals surface area contributed by atoms with E-state index in [2.05, 4.69) is 10.3 Å². The molecule has 1 aliphatic rings. The van der Waals surface area contributed by atoms with Crippen molar-refractivity contribution in [3.8, 4) is 0 Å². The van der Waals surface area contributed by atoms with Crippen LogP contribution in [-0.4, -0.2) is 31.3 Å². The number of nitrogens with one attached hydrogen (secondary N) is 1. The highest BCUT2D eigenvalue weighted by Gasteiger charge is 2.30. The van der Waals surface area contributed by atoms with Crippen molar-refractivity contribution < 1.29 is 8.42 Å². The minimum atomic E-state index is -3.51. The molecular formula is C13H15N3O2S2. The Balaban J connectivity index is 1.97. The molecule has 0 spiro atoms. The third kappa shape index (κ3) is 2.21. The summed E-state index contributed by atoms with van der Waals surface area (Å²) in [6, 6.07) is 3.68. The number of aromatic nitrogens is 1. The summed E-state index contributed by atoms with van der Waals surface area (Å²) >= 11 is 1.70. The highest BCUT2D eigenvalue weighted by molar-refractivity contribution is 7.89. The van der Waals surface area contributed by atoms with E-state index in [0.29, 0.717) is 18.8 Å². The Hall–Kier alpha value is -1.44. The third-order valence-electron chi connectivity index (χ3n) is 3.44. The zero-order chi connectivity index (χ0) is 14.2. The molecule has 20 heavy (non-hydrogen) atoms. The Bertz CT molecular complexity index is 725. The maximum absolute atomic E-state index is 12.7. The van der Waals surface area contributed by atoms with Gasteiger partial charge in [-0.05, 0) is 29.5 Å². The van der Waals surface area contributed by atoms with E-state index in [-0.39, 0.29) is 4.90 Å². The topological polar surface area (TPSA) is 62.3 Å². The molecule has 2 aromatic rings. The number of fused-ring (bicyclic) bond motifs is 1. The van der Waals surface area contributed by atoms with E-state index in [1.165, 1.54) is 15.4 Å². The second kappa shape index (κ2) is 5.16. The Labute approximate surface area is 122 Å². The highest BCUT2D eigenvalue weighted by Crippen LogP contribution is 2.30. The molecule has 1 N–H and O–H groups in total. The fraction of sp³-hybridized carbons (Fsp3) is 0.308. The maximum Gasteiger partial charge on any atom is 0.246 e. The van der Waals surface area contributed by atoms with Crippen LogP contribution in [0.25, 0.3) is 0 Å². The zero-order valence-electron chi connectivity index (χ0n) is 11.0. The largest absolute Gasteiger partial charge is 0.387 e. The number of sulfonamides is 1. The Kier molecular flexibility index (Phi) is 3.49. The van der Waals surface area contributed by atoms with Gasteiger partial charge in [0.1, 0.15) is 4.90 Å². The van der Waals surface area contributed by atoms with E-state index < -0.39 is 10.0 Å². The van der Waals surface area contributed by atoms with Gasteiger partial charge in [0.05, 0.1) is 5.69 Å². The summed E-state index contributed by atoms with van der Waals surface area (Å²) in [7, 11) is -1.80. The van der Waals surface area contributed by atoms with Gasteiger partial charge in [-0.3, -0.25) is 4.98 Å². The molecule has 0 atom stereocenters. The van der Waals surface area contributed by atoms with E-state index >= 15 is 0 Å². The average Bonchev–Trinajstić information content (AvgIpc) is 2.94. The SMILES string of the molecule is CNc1ccncc1S(=O)(=O)N1CCc2sccc2C1. The van der Waals surface area contributed by atoms with Crippen LogP contribution in [0, 0.1) is 0 Å². The molecule has 3 heterocycles. The van der Waals surface area contributed by atoms with Gasteiger partial charge in [-0.25, -0.2) is 8.42 Å². The molecule has 2 aromatic heterocycles. The van der Waals surface area contributed by atoms with E-state index in [1.807, 2.05) is 11.4 Å². The minimum Gasteiger partial charge on any atom is -0.387 e. The van der Waals surface area contributed by atoms with Gasteiger partial charge in [0.25, 0.3) is 0 Å². The minimum absolute atomic E-state index is 0.237. The van der Waals surface area contributed by atoms with Gasteiger partial charge in [0.2, 0.25) is 10.0 Å². The number of thiophene rings is 1. The molecule has 0 saturated carbocycles. The molecule has 0 unspecified atom stereocenters. The summed E-state index contributed by atoms with van der Waals surface area (Å²) in [5.41, 5.74) is 1.69. The molecule has 5 nitrogen and oxygen atoms in total. The van der Waals surface area contributed by atoms with Crippen molar-refractivity contribution in [2.45, 2.75) is 17.9 Å². The van der Waals surface area contributed by atoms with Gasteiger partial charge >= 0.3 is 0 Å². The summed E-state index contributed by atoms with van der Waals surface area (Å²) < 4.78 is 27.0. The van der Waals surface area contributed by atoms with Gasteiger partial charge in [0, 0.05) is 37.4 Å². The lowest BCUT2D eigenvalue weighted by Gasteiger charge is -2.26. The lowest BCUT2D eigenvalue weighted by molar-refractivity contribution is 0.394. The highest BCUT2D eigenvalue weighted by atomic mass is 32.2. The van der Waals surface area contributed by atoms with E-state index in [4.69, 9.17) is 0 Å². The maximum atomic E-state index is 12.7. The monoisotopic (exact) mass is 309 g/mol. The smallest absolute Gasteiger partial charge is 0.246 e. The van der Waals surface area contributed by atoms with Gasteiger partial charge in [-0.15, -0.1) is 11.3 Å². The predicted octanol–water partition coefficient (Wildman–Crippen LogP) is 1.93. The lowest BCUT2D eigenvalue weighted by atomic mass is 10.1. The van der Waals surface area contributed by atoms with Crippen LogP contribution in [0.4, 0.5) is 5.69 Å². The molecular weight excluding hydrogens is 294 g/mol. The van der Waals surface area contributed by atoms with Crippen molar-refractivity contribution in [2.24, 2.45) is 0 Å². The van der Waals surface area contributed by atoms with E-state index in [1.54, 1.807) is 30.6 Å². The molecule has 0 amide bonds. The number of hydrogen-bond acceptors (Lipinski definition) is 5. The molecule has 3 rings (SSSR count). The summed E-state index contributed by atoms with van der Waals surface area (Å²) in [5.74, 6) is 0. The number of hydrogen-bond donors (Lipinski definition) is 1. The quantitative estimate of drug-likeness (QED) is 0.941. The number of anilines is 1. The summed E-state index contributed by atoms with van der Waals surface area (Å²) in [4.78, 5) is 5.47. The van der Waals surface area contributed by atoms with Crippen molar-refractivity contribution in [3.05, 3.63) is 40.3 Å². The number of rotatable bonds is 3. The van der Waals surface area contributed by atoms with Crippen LogP contribution in [0.5, 0.6) is 0 Å². The third-order valence-corrected chi connectivity index (χ3v) is 6.34. The van der Waals surface area contributed by atoms with E-state index in [0.717, 1.165) is 12.0 Å². The van der Waals surface area contributed by atoms with Crippen molar-refractivity contribution >= 4 is 27.0 Å². The molecule has 0 saturated heterocycles. The molecule has 7 heteroatoms. The van der Waals surface area contributed by atoms with Crippen LogP contribution in [0.15, 0.2) is 34.8 Å². The summed E-state index contributed by atoms with van der Waals surface area (Å²) in [5, 5.41) is 4.93. The van der Waals surface area contributed by atoms with Gasteiger partial charge in [-0.2, -0.15) is 4.31 Å².